The van der Waals surface area contributed by atoms with Gasteiger partial charge >= 0.3 is 5.97 Å². The first-order valence-electron chi connectivity index (χ1n) is 7.40. The number of piperazine rings is 1. The van der Waals surface area contributed by atoms with Crippen LogP contribution in [0.4, 0.5) is 0 Å². The van der Waals surface area contributed by atoms with Gasteiger partial charge in [0, 0.05) is 45.9 Å². The highest BCUT2D eigenvalue weighted by atomic mass is 32.2. The predicted molar refractivity (Wildman–Crippen MR) is 77.4 cm³/mol. The van der Waals surface area contributed by atoms with Gasteiger partial charge in [0.25, 0.3) is 0 Å². The fourth-order valence-electron chi connectivity index (χ4n) is 2.74. The highest BCUT2D eigenvalue weighted by Gasteiger charge is 2.35. The van der Waals surface area contributed by atoms with E-state index in [4.69, 9.17) is 4.74 Å². The van der Waals surface area contributed by atoms with E-state index in [9.17, 15) is 13.2 Å². The van der Waals surface area contributed by atoms with E-state index in [2.05, 4.69) is 9.64 Å². The maximum absolute atomic E-state index is 12.5. The molecule has 2 aliphatic heterocycles. The zero-order valence-corrected chi connectivity index (χ0v) is 13.3. The molecule has 8 heteroatoms. The Balaban J connectivity index is 1.81. The van der Waals surface area contributed by atoms with Crippen molar-refractivity contribution >= 4 is 16.0 Å². The first-order chi connectivity index (χ1) is 10.0. The van der Waals surface area contributed by atoms with E-state index in [0.717, 1.165) is 0 Å². The number of ether oxygens (including phenoxy) is 2. The molecule has 0 saturated carbocycles. The van der Waals surface area contributed by atoms with Gasteiger partial charge in [-0.05, 0) is 12.8 Å². The van der Waals surface area contributed by atoms with Crippen molar-refractivity contribution in [1.82, 2.24) is 9.21 Å². The summed E-state index contributed by atoms with van der Waals surface area (Å²) in [5, 5.41) is -0.298. The highest BCUT2D eigenvalue weighted by Crippen LogP contribution is 2.21. The third kappa shape index (κ3) is 4.38. The zero-order chi connectivity index (χ0) is 15.3. The summed E-state index contributed by atoms with van der Waals surface area (Å²) in [7, 11) is -1.83. The van der Waals surface area contributed by atoms with Gasteiger partial charge in [-0.2, -0.15) is 4.31 Å². The molecule has 0 amide bonds. The number of rotatable bonds is 5. The minimum atomic E-state index is -3.21. The van der Waals surface area contributed by atoms with Gasteiger partial charge < -0.3 is 14.4 Å². The van der Waals surface area contributed by atoms with Crippen LogP contribution in [0.5, 0.6) is 0 Å². The van der Waals surface area contributed by atoms with Crippen molar-refractivity contribution in [3.8, 4) is 0 Å². The average molecular weight is 320 g/mol. The molecule has 0 aromatic rings. The van der Waals surface area contributed by atoms with Gasteiger partial charge in [0.05, 0.1) is 18.8 Å². The fraction of sp³-hybridized carbons (Fsp3) is 0.923. The zero-order valence-electron chi connectivity index (χ0n) is 12.5. The maximum Gasteiger partial charge on any atom is 0.306 e. The number of hydrogen-bond donors (Lipinski definition) is 0. The molecular weight excluding hydrogens is 296 g/mol. The molecule has 122 valence electrons. The smallest absolute Gasteiger partial charge is 0.306 e. The third-order valence-electron chi connectivity index (χ3n) is 4.14. The average Bonchev–Trinajstić information content (AvgIpc) is 2.53. The molecule has 21 heavy (non-hydrogen) atoms. The van der Waals surface area contributed by atoms with Crippen LogP contribution in [-0.2, 0) is 24.3 Å². The third-order valence-corrected chi connectivity index (χ3v) is 6.54. The van der Waals surface area contributed by atoms with E-state index < -0.39 is 10.0 Å². The summed E-state index contributed by atoms with van der Waals surface area (Å²) >= 11 is 0. The van der Waals surface area contributed by atoms with E-state index in [1.807, 2.05) is 0 Å². The Bertz CT molecular complexity index is 439. The quantitative estimate of drug-likeness (QED) is 0.646. The van der Waals surface area contributed by atoms with E-state index in [1.54, 1.807) is 4.31 Å². The first-order valence-corrected chi connectivity index (χ1v) is 8.90. The van der Waals surface area contributed by atoms with Crippen molar-refractivity contribution in [3.63, 3.8) is 0 Å². The molecule has 0 bridgehead atoms. The van der Waals surface area contributed by atoms with Crippen molar-refractivity contribution < 1.29 is 22.7 Å². The molecule has 0 unspecified atom stereocenters. The molecule has 0 N–H and O–H groups in total. The minimum absolute atomic E-state index is 0.229. The maximum atomic E-state index is 12.5. The topological polar surface area (TPSA) is 76.2 Å². The SMILES string of the molecule is COC(=O)CCN1CCN(S(=O)(=O)C2CCOCC2)CC1. The first kappa shape index (κ1) is 16.7. The number of carbonyl (C=O) groups is 1. The number of hydrogen-bond acceptors (Lipinski definition) is 6. The van der Waals surface area contributed by atoms with Crippen LogP contribution >= 0.6 is 0 Å². The van der Waals surface area contributed by atoms with Gasteiger partial charge in [0.1, 0.15) is 0 Å². The second-order valence-corrected chi connectivity index (χ2v) is 7.64. The summed E-state index contributed by atoms with van der Waals surface area (Å²) < 4.78 is 36.5. The van der Waals surface area contributed by atoms with Crippen molar-refractivity contribution in [2.45, 2.75) is 24.5 Å². The second-order valence-electron chi connectivity index (χ2n) is 5.42. The highest BCUT2D eigenvalue weighted by molar-refractivity contribution is 7.89. The summed E-state index contributed by atoms with van der Waals surface area (Å²) in [5.41, 5.74) is 0. The molecule has 2 fully saturated rings. The van der Waals surface area contributed by atoms with Crippen LogP contribution in [0.3, 0.4) is 0 Å². The lowest BCUT2D eigenvalue weighted by molar-refractivity contribution is -0.141. The Labute approximate surface area is 126 Å². The van der Waals surface area contributed by atoms with E-state index in [-0.39, 0.29) is 11.2 Å². The van der Waals surface area contributed by atoms with Gasteiger partial charge in [0.2, 0.25) is 10.0 Å². The Hall–Kier alpha value is -0.700. The van der Waals surface area contributed by atoms with Crippen LogP contribution in [0, 0.1) is 0 Å². The number of esters is 1. The molecule has 2 heterocycles. The molecular formula is C13H24N2O5S. The normalized spacial score (nSPS) is 23.1. The van der Waals surface area contributed by atoms with Crippen LogP contribution in [0.15, 0.2) is 0 Å². The summed E-state index contributed by atoms with van der Waals surface area (Å²) in [4.78, 5) is 13.2. The van der Waals surface area contributed by atoms with Gasteiger partial charge in [-0.3, -0.25) is 4.79 Å². The van der Waals surface area contributed by atoms with Crippen molar-refractivity contribution in [1.29, 1.82) is 0 Å². The fourth-order valence-corrected chi connectivity index (χ4v) is 4.63. The van der Waals surface area contributed by atoms with E-state index in [0.29, 0.717) is 65.2 Å². The van der Waals surface area contributed by atoms with Crippen molar-refractivity contribution in [2.75, 3.05) is 53.0 Å². The lowest BCUT2D eigenvalue weighted by Gasteiger charge is -2.36. The van der Waals surface area contributed by atoms with Crippen LogP contribution in [0.1, 0.15) is 19.3 Å². The summed E-state index contributed by atoms with van der Waals surface area (Å²) in [6, 6.07) is 0. The molecule has 2 saturated heterocycles. The van der Waals surface area contributed by atoms with Crippen LogP contribution in [0.2, 0.25) is 0 Å². The van der Waals surface area contributed by atoms with Gasteiger partial charge in [-0.1, -0.05) is 0 Å². The molecule has 0 aromatic carbocycles. The van der Waals surface area contributed by atoms with E-state index in [1.165, 1.54) is 7.11 Å². The summed E-state index contributed by atoms with van der Waals surface area (Å²) in [6.45, 7) is 4.02. The molecule has 7 nitrogen and oxygen atoms in total. The summed E-state index contributed by atoms with van der Waals surface area (Å²) in [5.74, 6) is -0.229. The minimum Gasteiger partial charge on any atom is -0.469 e. The number of nitrogens with zero attached hydrogens (tertiary/aromatic N) is 2. The molecule has 0 atom stereocenters. The lowest BCUT2D eigenvalue weighted by Crippen LogP contribution is -2.52. The van der Waals surface area contributed by atoms with Gasteiger partial charge in [0.15, 0.2) is 0 Å². The second kappa shape index (κ2) is 7.53. The summed E-state index contributed by atoms with van der Waals surface area (Å²) in [6.07, 6.45) is 1.53. The molecule has 0 spiro atoms. The number of carbonyl (C=O) groups excluding carboxylic acids is 1. The molecule has 2 aliphatic rings. The van der Waals surface area contributed by atoms with Crippen LogP contribution in [-0.4, -0.2) is 81.9 Å². The van der Waals surface area contributed by atoms with Gasteiger partial charge in [-0.25, -0.2) is 8.42 Å². The number of sulfonamides is 1. The van der Waals surface area contributed by atoms with E-state index >= 15 is 0 Å². The monoisotopic (exact) mass is 320 g/mol. The van der Waals surface area contributed by atoms with Crippen molar-refractivity contribution in [3.05, 3.63) is 0 Å². The lowest BCUT2D eigenvalue weighted by atomic mass is 10.2. The molecule has 0 radical (unpaired) electrons. The Morgan fingerprint density at radius 3 is 2.38 bits per heavy atom. The van der Waals surface area contributed by atoms with Crippen LogP contribution < -0.4 is 0 Å². The Morgan fingerprint density at radius 2 is 1.81 bits per heavy atom. The van der Waals surface area contributed by atoms with Gasteiger partial charge in [-0.15, -0.1) is 0 Å². The largest absolute Gasteiger partial charge is 0.469 e. The molecule has 0 aliphatic carbocycles. The Morgan fingerprint density at radius 1 is 1.19 bits per heavy atom. The molecule has 2 rings (SSSR count). The standard InChI is InChI=1S/C13H24N2O5S/c1-19-13(16)2-5-14-6-8-15(9-7-14)21(17,18)12-3-10-20-11-4-12/h12H,2-11H2,1H3. The molecule has 0 aromatic heterocycles. The number of methoxy groups -OCH3 is 1. The predicted octanol–water partition coefficient (Wildman–Crippen LogP) is -0.324. The Kier molecular flexibility index (Phi) is 5.98. The van der Waals surface area contributed by atoms with Crippen LogP contribution in [0.25, 0.3) is 0 Å². The van der Waals surface area contributed by atoms with Crippen molar-refractivity contribution in [2.24, 2.45) is 0 Å².